The topological polar surface area (TPSA) is 36.4 Å². The van der Waals surface area contributed by atoms with Gasteiger partial charge in [0, 0.05) is 19.3 Å². The highest BCUT2D eigenvalue weighted by Gasteiger charge is 2.19. The summed E-state index contributed by atoms with van der Waals surface area (Å²) in [6.07, 6.45) is 5.21. The molecule has 0 bridgehead atoms. The number of aliphatic hydroxyl groups is 1. The van der Waals surface area contributed by atoms with Gasteiger partial charge in [0.15, 0.2) is 0 Å². The SMILES string of the molecule is CCC1CCCN(c2cc([C@H](C)O)ccn2)C1. The van der Waals surface area contributed by atoms with Crippen LogP contribution in [0.3, 0.4) is 0 Å². The Morgan fingerprint density at radius 3 is 3.12 bits per heavy atom. The van der Waals surface area contributed by atoms with Gasteiger partial charge in [-0.15, -0.1) is 0 Å². The molecule has 2 heterocycles. The van der Waals surface area contributed by atoms with E-state index in [0.29, 0.717) is 0 Å². The van der Waals surface area contributed by atoms with Crippen LogP contribution in [0.2, 0.25) is 0 Å². The maximum Gasteiger partial charge on any atom is 0.128 e. The average Bonchev–Trinajstić information content (AvgIpc) is 2.39. The molecule has 1 aromatic heterocycles. The standard InChI is InChI=1S/C14H22N2O/c1-3-12-5-4-8-16(10-12)14-9-13(11(2)17)6-7-15-14/h6-7,9,11-12,17H,3-5,8,10H2,1-2H3/t11-,12?/m0/s1. The van der Waals surface area contributed by atoms with Crippen molar-refractivity contribution in [1.29, 1.82) is 0 Å². The first-order chi connectivity index (χ1) is 8.20. The number of anilines is 1. The molecule has 0 saturated carbocycles. The summed E-state index contributed by atoms with van der Waals surface area (Å²) in [5.74, 6) is 1.81. The van der Waals surface area contributed by atoms with Gasteiger partial charge in [0.25, 0.3) is 0 Å². The van der Waals surface area contributed by atoms with Gasteiger partial charge in [0.2, 0.25) is 0 Å². The van der Waals surface area contributed by atoms with E-state index in [9.17, 15) is 5.11 Å². The quantitative estimate of drug-likeness (QED) is 0.873. The second-order valence-electron chi connectivity index (χ2n) is 4.99. The number of hydrogen-bond donors (Lipinski definition) is 1. The van der Waals surface area contributed by atoms with Crippen LogP contribution in [0, 0.1) is 5.92 Å². The van der Waals surface area contributed by atoms with E-state index in [-0.39, 0.29) is 0 Å². The van der Waals surface area contributed by atoms with Gasteiger partial charge in [-0.25, -0.2) is 4.98 Å². The fraction of sp³-hybridized carbons (Fsp3) is 0.643. The van der Waals surface area contributed by atoms with Crippen LogP contribution < -0.4 is 4.90 Å². The van der Waals surface area contributed by atoms with E-state index in [1.165, 1.54) is 19.3 Å². The lowest BCUT2D eigenvalue weighted by Crippen LogP contribution is -2.35. The zero-order valence-corrected chi connectivity index (χ0v) is 10.8. The van der Waals surface area contributed by atoms with Crippen LogP contribution >= 0.6 is 0 Å². The van der Waals surface area contributed by atoms with E-state index in [2.05, 4.69) is 16.8 Å². The predicted molar refractivity (Wildman–Crippen MR) is 70.1 cm³/mol. The van der Waals surface area contributed by atoms with Gasteiger partial charge >= 0.3 is 0 Å². The summed E-state index contributed by atoms with van der Waals surface area (Å²) in [6.45, 7) is 6.25. The van der Waals surface area contributed by atoms with Crippen LogP contribution in [0.1, 0.15) is 44.8 Å². The molecule has 0 amide bonds. The molecule has 0 radical (unpaired) electrons. The Balaban J connectivity index is 2.13. The van der Waals surface area contributed by atoms with Gasteiger partial charge < -0.3 is 10.0 Å². The number of aromatic nitrogens is 1. The summed E-state index contributed by atoms with van der Waals surface area (Å²) in [6, 6.07) is 3.90. The third-order valence-corrected chi connectivity index (χ3v) is 3.67. The van der Waals surface area contributed by atoms with E-state index >= 15 is 0 Å². The lowest BCUT2D eigenvalue weighted by Gasteiger charge is -2.33. The Hall–Kier alpha value is -1.09. The molecular formula is C14H22N2O. The summed E-state index contributed by atoms with van der Waals surface area (Å²) >= 11 is 0. The molecule has 94 valence electrons. The highest BCUT2D eigenvalue weighted by molar-refractivity contribution is 5.42. The smallest absolute Gasteiger partial charge is 0.128 e. The van der Waals surface area contributed by atoms with Crippen LogP contribution in [0.25, 0.3) is 0 Å². The Morgan fingerprint density at radius 2 is 2.41 bits per heavy atom. The Labute approximate surface area is 103 Å². The molecule has 3 nitrogen and oxygen atoms in total. The Morgan fingerprint density at radius 1 is 1.59 bits per heavy atom. The van der Waals surface area contributed by atoms with E-state index < -0.39 is 6.10 Å². The number of hydrogen-bond acceptors (Lipinski definition) is 3. The number of rotatable bonds is 3. The molecule has 0 aromatic carbocycles. The minimum Gasteiger partial charge on any atom is -0.389 e. The largest absolute Gasteiger partial charge is 0.389 e. The van der Waals surface area contributed by atoms with Crippen molar-refractivity contribution < 1.29 is 5.11 Å². The van der Waals surface area contributed by atoms with E-state index in [1.54, 1.807) is 13.1 Å². The van der Waals surface area contributed by atoms with E-state index in [0.717, 1.165) is 30.4 Å². The van der Waals surface area contributed by atoms with Crippen LogP contribution in [-0.2, 0) is 0 Å². The van der Waals surface area contributed by atoms with Crippen molar-refractivity contribution in [2.24, 2.45) is 5.92 Å². The minimum absolute atomic E-state index is 0.413. The van der Waals surface area contributed by atoms with Gasteiger partial charge in [-0.1, -0.05) is 13.3 Å². The third kappa shape index (κ3) is 2.97. The summed E-state index contributed by atoms with van der Waals surface area (Å²) in [4.78, 5) is 6.78. The number of piperidine rings is 1. The molecule has 1 fully saturated rings. The molecule has 1 N–H and O–H groups in total. The van der Waals surface area contributed by atoms with Crippen LogP contribution in [-0.4, -0.2) is 23.2 Å². The molecule has 1 unspecified atom stereocenters. The molecule has 17 heavy (non-hydrogen) atoms. The molecule has 2 rings (SSSR count). The second kappa shape index (κ2) is 5.50. The molecule has 0 spiro atoms. The van der Waals surface area contributed by atoms with Crippen LogP contribution in [0.5, 0.6) is 0 Å². The Bertz CT molecular complexity index is 365. The fourth-order valence-corrected chi connectivity index (χ4v) is 2.47. The number of nitrogens with zero attached hydrogens (tertiary/aromatic N) is 2. The fourth-order valence-electron chi connectivity index (χ4n) is 2.47. The molecule has 2 atom stereocenters. The number of aliphatic hydroxyl groups excluding tert-OH is 1. The first kappa shape index (κ1) is 12.4. The molecule has 3 heteroatoms. The van der Waals surface area contributed by atoms with Gasteiger partial charge in [-0.3, -0.25) is 0 Å². The summed E-state index contributed by atoms with van der Waals surface area (Å²) in [5.41, 5.74) is 0.952. The maximum atomic E-state index is 9.60. The highest BCUT2D eigenvalue weighted by Crippen LogP contribution is 2.25. The zero-order valence-electron chi connectivity index (χ0n) is 10.8. The van der Waals surface area contributed by atoms with Crippen molar-refractivity contribution in [3.63, 3.8) is 0 Å². The van der Waals surface area contributed by atoms with E-state index in [1.807, 2.05) is 12.1 Å². The highest BCUT2D eigenvalue weighted by atomic mass is 16.3. The number of pyridine rings is 1. The molecular weight excluding hydrogens is 212 g/mol. The van der Waals surface area contributed by atoms with Gasteiger partial charge in [-0.05, 0) is 43.4 Å². The molecule has 1 saturated heterocycles. The first-order valence-corrected chi connectivity index (χ1v) is 6.59. The summed E-state index contributed by atoms with van der Waals surface area (Å²) in [7, 11) is 0. The molecule has 1 aliphatic rings. The molecule has 1 aromatic rings. The van der Waals surface area contributed by atoms with Crippen molar-refractivity contribution in [3.8, 4) is 0 Å². The van der Waals surface area contributed by atoms with Gasteiger partial charge in [0.1, 0.15) is 5.82 Å². The normalized spacial score (nSPS) is 22.5. The maximum absolute atomic E-state index is 9.60. The summed E-state index contributed by atoms with van der Waals surface area (Å²) < 4.78 is 0. The Kier molecular flexibility index (Phi) is 4.00. The van der Waals surface area contributed by atoms with Crippen molar-refractivity contribution in [3.05, 3.63) is 23.9 Å². The lowest BCUT2D eigenvalue weighted by atomic mass is 9.95. The van der Waals surface area contributed by atoms with Crippen molar-refractivity contribution in [1.82, 2.24) is 4.98 Å². The zero-order chi connectivity index (χ0) is 12.3. The van der Waals surface area contributed by atoms with Gasteiger partial charge in [-0.2, -0.15) is 0 Å². The average molecular weight is 234 g/mol. The third-order valence-electron chi connectivity index (χ3n) is 3.67. The predicted octanol–water partition coefficient (Wildman–Crippen LogP) is 2.76. The van der Waals surface area contributed by atoms with Crippen molar-refractivity contribution >= 4 is 5.82 Å². The minimum atomic E-state index is -0.413. The first-order valence-electron chi connectivity index (χ1n) is 6.59. The lowest BCUT2D eigenvalue weighted by molar-refractivity contribution is 0.199. The van der Waals surface area contributed by atoms with Crippen LogP contribution in [0.15, 0.2) is 18.3 Å². The van der Waals surface area contributed by atoms with Crippen molar-refractivity contribution in [2.75, 3.05) is 18.0 Å². The molecule has 0 aliphatic carbocycles. The van der Waals surface area contributed by atoms with Gasteiger partial charge in [0.05, 0.1) is 6.10 Å². The van der Waals surface area contributed by atoms with Crippen molar-refractivity contribution in [2.45, 2.75) is 39.2 Å². The molecule has 1 aliphatic heterocycles. The summed E-state index contributed by atoms with van der Waals surface area (Å²) in [5, 5.41) is 9.60. The monoisotopic (exact) mass is 234 g/mol. The van der Waals surface area contributed by atoms with E-state index in [4.69, 9.17) is 0 Å². The second-order valence-corrected chi connectivity index (χ2v) is 4.99. The van der Waals surface area contributed by atoms with Crippen LogP contribution in [0.4, 0.5) is 5.82 Å².